The minimum absolute atomic E-state index is 0.0794. The molecule has 4 heteroatoms. The van der Waals surface area contributed by atoms with Gasteiger partial charge in [-0.15, -0.1) is 0 Å². The van der Waals surface area contributed by atoms with E-state index in [1.807, 2.05) is 25.1 Å². The molecule has 1 amide bonds. The largest absolute Gasteiger partial charge is 0.375 e. The summed E-state index contributed by atoms with van der Waals surface area (Å²) in [5.41, 5.74) is 1.22. The Bertz CT molecular complexity index is 381. The molecule has 1 unspecified atom stereocenters. The lowest BCUT2D eigenvalue weighted by Crippen LogP contribution is -2.39. The van der Waals surface area contributed by atoms with Crippen molar-refractivity contribution in [2.75, 3.05) is 31.6 Å². The van der Waals surface area contributed by atoms with Gasteiger partial charge in [-0.1, -0.05) is 25.1 Å². The van der Waals surface area contributed by atoms with E-state index < -0.39 is 0 Å². The summed E-state index contributed by atoms with van der Waals surface area (Å²) in [7, 11) is 2.09. The Morgan fingerprint density at radius 3 is 2.65 bits per heavy atom. The van der Waals surface area contributed by atoms with E-state index in [9.17, 15) is 4.79 Å². The zero-order valence-corrected chi connectivity index (χ0v) is 12.9. The molecule has 112 valence electrons. The highest BCUT2D eigenvalue weighted by atomic mass is 16.1. The first-order valence-electron chi connectivity index (χ1n) is 7.39. The third-order valence-corrected chi connectivity index (χ3v) is 3.35. The van der Waals surface area contributed by atoms with Gasteiger partial charge in [0.1, 0.15) is 0 Å². The molecule has 2 N–H and O–H groups in total. The van der Waals surface area contributed by atoms with Crippen LogP contribution in [-0.2, 0) is 4.79 Å². The normalized spacial score (nSPS) is 11.9. The maximum atomic E-state index is 11.5. The molecular weight excluding hydrogens is 250 g/mol. The number of carbonyl (C=O) groups excluding carboxylic acids is 1. The predicted molar refractivity (Wildman–Crippen MR) is 85.1 cm³/mol. The summed E-state index contributed by atoms with van der Waals surface area (Å²) in [5, 5.41) is 6.13. The molecule has 4 nitrogen and oxygen atoms in total. The van der Waals surface area contributed by atoms with Gasteiger partial charge in [-0.05, 0) is 38.4 Å². The van der Waals surface area contributed by atoms with Crippen LogP contribution in [0.4, 0.5) is 5.69 Å². The van der Waals surface area contributed by atoms with Crippen molar-refractivity contribution in [2.24, 2.45) is 0 Å². The molecule has 0 aromatic heterocycles. The van der Waals surface area contributed by atoms with Crippen LogP contribution < -0.4 is 15.5 Å². The number of para-hydroxylation sites is 1. The summed E-state index contributed by atoms with van der Waals surface area (Å²) in [6.07, 6.45) is 1.98. The van der Waals surface area contributed by atoms with Crippen molar-refractivity contribution in [3.8, 4) is 0 Å². The lowest BCUT2D eigenvalue weighted by Gasteiger charge is -2.19. The Labute approximate surface area is 122 Å². The average molecular weight is 277 g/mol. The van der Waals surface area contributed by atoms with Crippen LogP contribution in [0, 0.1) is 0 Å². The second-order valence-electron chi connectivity index (χ2n) is 5.16. The molecular formula is C16H27N3O. The van der Waals surface area contributed by atoms with Gasteiger partial charge < -0.3 is 15.5 Å². The molecule has 0 aliphatic heterocycles. The molecule has 20 heavy (non-hydrogen) atoms. The highest BCUT2D eigenvalue weighted by Gasteiger charge is 2.04. The zero-order chi connectivity index (χ0) is 14.8. The van der Waals surface area contributed by atoms with Crippen LogP contribution in [0.3, 0.4) is 0 Å². The molecule has 1 atom stereocenters. The fourth-order valence-corrected chi connectivity index (χ4v) is 1.88. The fraction of sp³-hybridized carbons (Fsp3) is 0.562. The standard InChI is InChI=1S/C16H27N3O/c1-4-14(2)18-16(20)13-17-11-8-12-19(3)15-9-6-5-7-10-15/h5-7,9-10,14,17H,4,8,11-13H2,1-3H3,(H,18,20). The minimum Gasteiger partial charge on any atom is -0.375 e. The van der Waals surface area contributed by atoms with E-state index in [1.54, 1.807) is 0 Å². The van der Waals surface area contributed by atoms with Crippen LogP contribution in [0.2, 0.25) is 0 Å². The summed E-state index contributed by atoms with van der Waals surface area (Å²) >= 11 is 0. The van der Waals surface area contributed by atoms with Gasteiger partial charge in [-0.25, -0.2) is 0 Å². The Hall–Kier alpha value is -1.55. The molecule has 0 spiro atoms. The Morgan fingerprint density at radius 1 is 1.30 bits per heavy atom. The lowest BCUT2D eigenvalue weighted by atomic mass is 10.2. The number of benzene rings is 1. The van der Waals surface area contributed by atoms with Gasteiger partial charge in [-0.3, -0.25) is 4.79 Å². The highest BCUT2D eigenvalue weighted by Crippen LogP contribution is 2.10. The van der Waals surface area contributed by atoms with Crippen molar-refractivity contribution in [1.82, 2.24) is 10.6 Å². The van der Waals surface area contributed by atoms with Crippen LogP contribution in [0.25, 0.3) is 0 Å². The molecule has 0 bridgehead atoms. The minimum atomic E-state index is 0.0794. The summed E-state index contributed by atoms with van der Waals surface area (Å²) in [6.45, 7) is 6.32. The topological polar surface area (TPSA) is 44.4 Å². The van der Waals surface area contributed by atoms with Crippen molar-refractivity contribution in [2.45, 2.75) is 32.7 Å². The lowest BCUT2D eigenvalue weighted by molar-refractivity contribution is -0.120. The molecule has 0 saturated heterocycles. The van der Waals surface area contributed by atoms with Gasteiger partial charge in [0.15, 0.2) is 0 Å². The van der Waals surface area contributed by atoms with E-state index >= 15 is 0 Å². The Morgan fingerprint density at radius 2 is 2.00 bits per heavy atom. The molecule has 1 aromatic carbocycles. The molecule has 0 aliphatic carbocycles. The number of anilines is 1. The number of hydrogen-bond donors (Lipinski definition) is 2. The van der Waals surface area contributed by atoms with Gasteiger partial charge >= 0.3 is 0 Å². The number of nitrogens with zero attached hydrogens (tertiary/aromatic N) is 1. The van der Waals surface area contributed by atoms with Crippen LogP contribution >= 0.6 is 0 Å². The maximum absolute atomic E-state index is 11.5. The number of nitrogens with one attached hydrogen (secondary N) is 2. The second kappa shape index (κ2) is 9.37. The SMILES string of the molecule is CCC(C)NC(=O)CNCCCN(C)c1ccccc1. The van der Waals surface area contributed by atoms with Crippen molar-refractivity contribution in [1.29, 1.82) is 0 Å². The third-order valence-electron chi connectivity index (χ3n) is 3.35. The van der Waals surface area contributed by atoms with Gasteiger partial charge in [0.2, 0.25) is 5.91 Å². The van der Waals surface area contributed by atoms with E-state index in [0.29, 0.717) is 6.54 Å². The summed E-state index contributed by atoms with van der Waals surface area (Å²) < 4.78 is 0. The van der Waals surface area contributed by atoms with E-state index in [-0.39, 0.29) is 11.9 Å². The van der Waals surface area contributed by atoms with Crippen molar-refractivity contribution in [3.05, 3.63) is 30.3 Å². The van der Waals surface area contributed by atoms with Gasteiger partial charge in [0.05, 0.1) is 6.54 Å². The first-order chi connectivity index (χ1) is 9.63. The second-order valence-corrected chi connectivity index (χ2v) is 5.16. The Kier molecular flexibility index (Phi) is 7.73. The first-order valence-corrected chi connectivity index (χ1v) is 7.39. The smallest absolute Gasteiger partial charge is 0.234 e. The van der Waals surface area contributed by atoms with E-state index in [2.05, 4.69) is 41.6 Å². The van der Waals surface area contributed by atoms with E-state index in [4.69, 9.17) is 0 Å². The average Bonchev–Trinajstić information content (AvgIpc) is 2.47. The number of carbonyl (C=O) groups is 1. The van der Waals surface area contributed by atoms with Gasteiger partial charge in [0, 0.05) is 25.3 Å². The molecule has 0 heterocycles. The quantitative estimate of drug-likeness (QED) is 0.679. The van der Waals surface area contributed by atoms with Crippen LogP contribution in [0.5, 0.6) is 0 Å². The maximum Gasteiger partial charge on any atom is 0.234 e. The number of amides is 1. The van der Waals surface area contributed by atoms with Crippen molar-refractivity contribution < 1.29 is 4.79 Å². The molecule has 0 aliphatic rings. The molecule has 0 saturated carbocycles. The molecule has 0 fully saturated rings. The number of rotatable bonds is 9. The Balaban J connectivity index is 2.09. The zero-order valence-electron chi connectivity index (χ0n) is 12.9. The number of hydrogen-bond acceptors (Lipinski definition) is 3. The van der Waals surface area contributed by atoms with Gasteiger partial charge in [-0.2, -0.15) is 0 Å². The summed E-state index contributed by atoms with van der Waals surface area (Å²) in [4.78, 5) is 13.8. The fourth-order valence-electron chi connectivity index (χ4n) is 1.88. The predicted octanol–water partition coefficient (Wildman–Crippen LogP) is 2.02. The summed E-state index contributed by atoms with van der Waals surface area (Å²) in [5.74, 6) is 0.0794. The van der Waals surface area contributed by atoms with E-state index in [0.717, 1.165) is 25.9 Å². The molecule has 1 aromatic rings. The van der Waals surface area contributed by atoms with Crippen LogP contribution in [-0.4, -0.2) is 38.6 Å². The highest BCUT2D eigenvalue weighted by molar-refractivity contribution is 5.78. The van der Waals surface area contributed by atoms with Crippen LogP contribution in [0.15, 0.2) is 30.3 Å². The van der Waals surface area contributed by atoms with Crippen molar-refractivity contribution >= 4 is 11.6 Å². The first kappa shape index (κ1) is 16.5. The third kappa shape index (κ3) is 6.57. The summed E-state index contributed by atoms with van der Waals surface area (Å²) in [6, 6.07) is 10.6. The van der Waals surface area contributed by atoms with E-state index in [1.165, 1.54) is 5.69 Å². The molecule has 0 radical (unpaired) electrons. The molecule has 1 rings (SSSR count). The van der Waals surface area contributed by atoms with Crippen molar-refractivity contribution in [3.63, 3.8) is 0 Å². The monoisotopic (exact) mass is 277 g/mol. The van der Waals surface area contributed by atoms with Crippen LogP contribution in [0.1, 0.15) is 26.7 Å². The van der Waals surface area contributed by atoms with Gasteiger partial charge in [0.25, 0.3) is 0 Å².